The molecule has 1 amide bonds. The van der Waals surface area contributed by atoms with E-state index in [9.17, 15) is 4.79 Å². The highest BCUT2D eigenvalue weighted by atomic mass is 16.2. The van der Waals surface area contributed by atoms with E-state index in [4.69, 9.17) is 0 Å². The van der Waals surface area contributed by atoms with Gasteiger partial charge >= 0.3 is 0 Å². The van der Waals surface area contributed by atoms with Gasteiger partial charge in [-0.1, -0.05) is 0 Å². The molecule has 2 fully saturated rings. The Labute approximate surface area is 141 Å². The van der Waals surface area contributed by atoms with Crippen LogP contribution >= 0.6 is 0 Å². The molecule has 2 aliphatic rings. The molecule has 3 heterocycles. The first-order valence-electron chi connectivity index (χ1n) is 8.71. The summed E-state index contributed by atoms with van der Waals surface area (Å²) in [6, 6.07) is 4.57. The van der Waals surface area contributed by atoms with Gasteiger partial charge in [0.1, 0.15) is 5.82 Å². The minimum atomic E-state index is 0.0758. The van der Waals surface area contributed by atoms with Crippen molar-refractivity contribution in [3.63, 3.8) is 0 Å². The van der Waals surface area contributed by atoms with Crippen molar-refractivity contribution >= 4 is 11.7 Å². The van der Waals surface area contributed by atoms with Gasteiger partial charge in [0.2, 0.25) is 0 Å². The number of likely N-dealkylation sites (tertiary alicyclic amines) is 1. The summed E-state index contributed by atoms with van der Waals surface area (Å²) in [6.07, 6.45) is 10.1. The molecule has 126 valence electrons. The Bertz CT molecular complexity index is 719. The van der Waals surface area contributed by atoms with Crippen molar-refractivity contribution in [1.29, 1.82) is 0 Å². The molecule has 0 aromatic carbocycles. The van der Waals surface area contributed by atoms with Gasteiger partial charge in [0, 0.05) is 25.0 Å². The Morgan fingerprint density at radius 2 is 2.17 bits per heavy atom. The second-order valence-electron chi connectivity index (χ2n) is 6.89. The van der Waals surface area contributed by atoms with Gasteiger partial charge in [0.05, 0.1) is 24.3 Å². The maximum atomic E-state index is 12.8. The molecule has 2 aromatic rings. The lowest BCUT2D eigenvalue weighted by molar-refractivity contribution is 0.0721. The molecule has 1 N–H and O–H groups in total. The first kappa shape index (κ1) is 15.2. The van der Waals surface area contributed by atoms with E-state index < -0.39 is 0 Å². The van der Waals surface area contributed by atoms with Crippen LogP contribution in [0.3, 0.4) is 0 Å². The van der Waals surface area contributed by atoms with Gasteiger partial charge in [-0.2, -0.15) is 5.10 Å². The van der Waals surface area contributed by atoms with Crippen LogP contribution < -0.4 is 5.32 Å². The standard InChI is InChI=1S/C18H23N5O/c1-13-9-20-22(11-13)12-16-3-2-8-23(16)18(24)14-4-7-17(19-10-14)21-15-5-6-15/h4,7,9-11,15-16H,2-3,5-6,8,12H2,1H3,(H,19,21)/t16-/m1/s1. The highest BCUT2D eigenvalue weighted by Gasteiger charge is 2.30. The van der Waals surface area contributed by atoms with E-state index in [-0.39, 0.29) is 11.9 Å². The van der Waals surface area contributed by atoms with Gasteiger partial charge in [0.15, 0.2) is 0 Å². The molecule has 0 bridgehead atoms. The van der Waals surface area contributed by atoms with Gasteiger partial charge in [-0.3, -0.25) is 9.48 Å². The first-order valence-corrected chi connectivity index (χ1v) is 8.71. The Hall–Kier alpha value is -2.37. The molecular weight excluding hydrogens is 302 g/mol. The summed E-state index contributed by atoms with van der Waals surface area (Å²) in [5.41, 5.74) is 1.81. The van der Waals surface area contributed by atoms with Crippen molar-refractivity contribution < 1.29 is 4.79 Å². The number of anilines is 1. The molecule has 1 saturated heterocycles. The third kappa shape index (κ3) is 3.27. The SMILES string of the molecule is Cc1cnn(C[C@H]2CCCN2C(=O)c2ccc(NC3CC3)nc2)c1. The summed E-state index contributed by atoms with van der Waals surface area (Å²) in [4.78, 5) is 19.2. The number of aromatic nitrogens is 3. The summed E-state index contributed by atoms with van der Waals surface area (Å²) in [5.74, 6) is 0.936. The van der Waals surface area contributed by atoms with E-state index >= 15 is 0 Å². The summed E-state index contributed by atoms with van der Waals surface area (Å²) in [5, 5.41) is 7.70. The zero-order chi connectivity index (χ0) is 16.5. The largest absolute Gasteiger partial charge is 0.367 e. The van der Waals surface area contributed by atoms with E-state index in [1.54, 1.807) is 6.20 Å². The van der Waals surface area contributed by atoms with Crippen molar-refractivity contribution in [2.24, 2.45) is 0 Å². The Balaban J connectivity index is 1.43. The topological polar surface area (TPSA) is 63.1 Å². The average Bonchev–Trinajstić information content (AvgIpc) is 3.12. The number of carbonyl (C=O) groups excluding carboxylic acids is 1. The van der Waals surface area contributed by atoms with Crippen LogP contribution in [0.25, 0.3) is 0 Å². The van der Waals surface area contributed by atoms with Crippen LogP contribution in [0.5, 0.6) is 0 Å². The number of nitrogens with zero attached hydrogens (tertiary/aromatic N) is 4. The molecule has 6 nitrogen and oxygen atoms in total. The Morgan fingerprint density at radius 1 is 1.29 bits per heavy atom. The number of hydrogen-bond acceptors (Lipinski definition) is 4. The Kier molecular flexibility index (Phi) is 3.96. The van der Waals surface area contributed by atoms with E-state index in [2.05, 4.69) is 15.4 Å². The highest BCUT2D eigenvalue weighted by molar-refractivity contribution is 5.94. The fraction of sp³-hybridized carbons (Fsp3) is 0.500. The fourth-order valence-corrected chi connectivity index (χ4v) is 3.28. The van der Waals surface area contributed by atoms with E-state index in [1.807, 2.05) is 41.0 Å². The van der Waals surface area contributed by atoms with Crippen molar-refractivity contribution in [3.05, 3.63) is 41.9 Å². The van der Waals surface area contributed by atoms with Crippen LogP contribution in [-0.2, 0) is 6.54 Å². The molecular formula is C18H23N5O. The molecule has 0 spiro atoms. The lowest BCUT2D eigenvalue weighted by Gasteiger charge is -2.24. The lowest BCUT2D eigenvalue weighted by atomic mass is 10.2. The van der Waals surface area contributed by atoms with Gasteiger partial charge in [-0.05, 0) is 50.3 Å². The van der Waals surface area contributed by atoms with Gasteiger partial charge in [0.25, 0.3) is 5.91 Å². The molecule has 4 rings (SSSR count). The maximum Gasteiger partial charge on any atom is 0.255 e. The number of carbonyl (C=O) groups is 1. The molecule has 1 aliphatic carbocycles. The first-order chi connectivity index (χ1) is 11.7. The van der Waals surface area contributed by atoms with Gasteiger partial charge < -0.3 is 10.2 Å². The highest BCUT2D eigenvalue weighted by Crippen LogP contribution is 2.24. The van der Waals surface area contributed by atoms with E-state index in [0.29, 0.717) is 11.6 Å². The molecule has 1 saturated carbocycles. The number of hydrogen-bond donors (Lipinski definition) is 1. The van der Waals surface area contributed by atoms with Gasteiger partial charge in [-0.25, -0.2) is 4.98 Å². The quantitative estimate of drug-likeness (QED) is 0.917. The molecule has 1 atom stereocenters. The Morgan fingerprint density at radius 3 is 2.83 bits per heavy atom. The third-order valence-electron chi connectivity index (χ3n) is 4.74. The lowest BCUT2D eigenvalue weighted by Crippen LogP contribution is -2.38. The second-order valence-corrected chi connectivity index (χ2v) is 6.89. The summed E-state index contributed by atoms with van der Waals surface area (Å²) in [7, 11) is 0. The molecule has 24 heavy (non-hydrogen) atoms. The van der Waals surface area contributed by atoms with Crippen molar-refractivity contribution in [1.82, 2.24) is 19.7 Å². The molecule has 1 aliphatic heterocycles. The predicted molar refractivity (Wildman–Crippen MR) is 91.9 cm³/mol. The number of rotatable bonds is 5. The average molecular weight is 325 g/mol. The summed E-state index contributed by atoms with van der Waals surface area (Å²) < 4.78 is 1.94. The maximum absolute atomic E-state index is 12.8. The monoisotopic (exact) mass is 325 g/mol. The number of nitrogens with one attached hydrogen (secondary N) is 1. The molecule has 6 heteroatoms. The minimum absolute atomic E-state index is 0.0758. The van der Waals surface area contributed by atoms with Gasteiger partial charge in [-0.15, -0.1) is 0 Å². The smallest absolute Gasteiger partial charge is 0.255 e. The van der Waals surface area contributed by atoms with Crippen LogP contribution in [0.2, 0.25) is 0 Å². The summed E-state index contributed by atoms with van der Waals surface area (Å²) >= 11 is 0. The zero-order valence-electron chi connectivity index (χ0n) is 14.0. The molecule has 2 aromatic heterocycles. The number of aryl methyl sites for hydroxylation is 1. The van der Waals surface area contributed by atoms with Crippen LogP contribution in [0.4, 0.5) is 5.82 Å². The van der Waals surface area contributed by atoms with Crippen LogP contribution in [0.15, 0.2) is 30.7 Å². The van der Waals surface area contributed by atoms with Crippen molar-refractivity contribution in [2.75, 3.05) is 11.9 Å². The normalized spacial score (nSPS) is 20.4. The predicted octanol–water partition coefficient (Wildman–Crippen LogP) is 2.47. The van der Waals surface area contributed by atoms with Crippen LogP contribution in [-0.4, -0.2) is 44.2 Å². The zero-order valence-corrected chi connectivity index (χ0v) is 14.0. The fourth-order valence-electron chi connectivity index (χ4n) is 3.28. The van der Waals surface area contributed by atoms with Crippen LogP contribution in [0, 0.1) is 6.92 Å². The third-order valence-corrected chi connectivity index (χ3v) is 4.74. The van der Waals surface area contributed by atoms with Crippen molar-refractivity contribution in [2.45, 2.75) is 51.2 Å². The van der Waals surface area contributed by atoms with Crippen LogP contribution in [0.1, 0.15) is 41.6 Å². The van der Waals surface area contributed by atoms with Crippen molar-refractivity contribution in [3.8, 4) is 0 Å². The molecule has 0 radical (unpaired) electrons. The summed E-state index contributed by atoms with van der Waals surface area (Å²) in [6.45, 7) is 3.60. The minimum Gasteiger partial charge on any atom is -0.367 e. The van der Waals surface area contributed by atoms with E-state index in [1.165, 1.54) is 12.8 Å². The van der Waals surface area contributed by atoms with E-state index in [0.717, 1.165) is 37.3 Å². The second kappa shape index (κ2) is 6.26. The number of amides is 1. The number of pyridine rings is 1. The molecule has 0 unspecified atom stereocenters.